The van der Waals surface area contributed by atoms with E-state index in [0.29, 0.717) is 5.02 Å². The van der Waals surface area contributed by atoms with E-state index >= 15 is 0 Å². The minimum atomic E-state index is -0.619. The second kappa shape index (κ2) is 10.9. The molecule has 2 aromatic rings. The van der Waals surface area contributed by atoms with Crippen LogP contribution in [0, 0.1) is 0 Å². The van der Waals surface area contributed by atoms with Gasteiger partial charge in [0, 0.05) is 17.6 Å². The smallest absolute Gasteiger partial charge is 0.242 e. The Morgan fingerprint density at radius 2 is 1.76 bits per heavy atom. The quantitative estimate of drug-likeness (QED) is 0.665. The van der Waals surface area contributed by atoms with Crippen molar-refractivity contribution in [3.63, 3.8) is 0 Å². The van der Waals surface area contributed by atoms with E-state index in [1.165, 1.54) is 0 Å². The number of rotatable bonds is 9. The Bertz CT molecular complexity index is 823. The average Bonchev–Trinajstić information content (AvgIpc) is 2.72. The molecule has 0 aliphatic heterocycles. The van der Waals surface area contributed by atoms with Crippen LogP contribution in [-0.2, 0) is 22.6 Å². The Morgan fingerprint density at radius 3 is 2.34 bits per heavy atom. The monoisotopic (exact) mass is 416 g/mol. The van der Waals surface area contributed by atoms with E-state index in [1.807, 2.05) is 56.3 Å². The van der Waals surface area contributed by atoms with Crippen molar-refractivity contribution >= 4 is 23.4 Å². The summed E-state index contributed by atoms with van der Waals surface area (Å²) in [5, 5.41) is 3.54. The summed E-state index contributed by atoms with van der Waals surface area (Å²) in [7, 11) is 1.60. The van der Waals surface area contributed by atoms with Crippen LogP contribution < -0.4 is 10.1 Å². The highest BCUT2D eigenvalue weighted by Gasteiger charge is 2.27. The molecule has 5 nitrogen and oxygen atoms in total. The molecule has 0 aromatic heterocycles. The Hall–Kier alpha value is -2.53. The van der Waals surface area contributed by atoms with Crippen molar-refractivity contribution in [1.82, 2.24) is 10.2 Å². The molecule has 0 saturated heterocycles. The summed E-state index contributed by atoms with van der Waals surface area (Å²) in [6.45, 7) is 5.97. The third-order valence-corrected chi connectivity index (χ3v) is 5.35. The number of amides is 2. The number of halogens is 1. The lowest BCUT2D eigenvalue weighted by molar-refractivity contribution is -0.140. The van der Waals surface area contributed by atoms with Crippen molar-refractivity contribution < 1.29 is 14.3 Å². The molecule has 0 heterocycles. The first-order chi connectivity index (χ1) is 13.8. The predicted octanol–water partition coefficient (Wildman–Crippen LogP) is 4.22. The first-order valence-corrected chi connectivity index (χ1v) is 10.2. The lowest BCUT2D eigenvalue weighted by Crippen LogP contribution is -2.49. The van der Waals surface area contributed by atoms with Crippen molar-refractivity contribution in [2.45, 2.75) is 52.2 Å². The van der Waals surface area contributed by atoms with Gasteiger partial charge in [0.15, 0.2) is 0 Å². The van der Waals surface area contributed by atoms with Crippen LogP contribution in [-0.4, -0.2) is 35.9 Å². The molecule has 0 radical (unpaired) electrons. The van der Waals surface area contributed by atoms with Crippen LogP contribution in [0.25, 0.3) is 0 Å². The minimum Gasteiger partial charge on any atom is -0.497 e. The fourth-order valence-electron chi connectivity index (χ4n) is 2.88. The predicted molar refractivity (Wildman–Crippen MR) is 116 cm³/mol. The van der Waals surface area contributed by atoms with Crippen LogP contribution in [0.2, 0.25) is 5.02 Å². The number of benzene rings is 2. The van der Waals surface area contributed by atoms with Crippen LogP contribution >= 0.6 is 11.6 Å². The second-order valence-corrected chi connectivity index (χ2v) is 7.54. The van der Waals surface area contributed by atoms with Gasteiger partial charge in [-0.05, 0) is 49.6 Å². The molecule has 0 spiro atoms. The van der Waals surface area contributed by atoms with Crippen molar-refractivity contribution in [1.29, 1.82) is 0 Å². The molecule has 156 valence electrons. The summed E-state index contributed by atoms with van der Waals surface area (Å²) in [5.41, 5.74) is 1.66. The maximum Gasteiger partial charge on any atom is 0.242 e. The molecular weight excluding hydrogens is 388 g/mol. The summed E-state index contributed by atoms with van der Waals surface area (Å²) in [5.74, 6) is 0.423. The highest BCUT2D eigenvalue weighted by molar-refractivity contribution is 6.31. The second-order valence-electron chi connectivity index (χ2n) is 7.13. The number of methoxy groups -OCH3 is 1. The molecule has 29 heavy (non-hydrogen) atoms. The molecule has 1 N–H and O–H groups in total. The standard InChI is InChI=1S/C23H29ClN2O3/c1-5-16(2)25-23(28)17(3)26(15-19-8-6-7-9-21(19)24)22(27)14-18-10-12-20(29-4)13-11-18/h6-13,16-17H,5,14-15H2,1-4H3,(H,25,28). The van der Waals surface area contributed by atoms with Gasteiger partial charge in [-0.25, -0.2) is 0 Å². The topological polar surface area (TPSA) is 58.6 Å². The van der Waals surface area contributed by atoms with Gasteiger partial charge in [-0.3, -0.25) is 9.59 Å². The van der Waals surface area contributed by atoms with Gasteiger partial charge in [0.05, 0.1) is 13.5 Å². The van der Waals surface area contributed by atoms with E-state index in [1.54, 1.807) is 25.0 Å². The van der Waals surface area contributed by atoms with E-state index in [0.717, 1.165) is 23.3 Å². The molecule has 6 heteroatoms. The Balaban J connectivity index is 2.23. The average molecular weight is 417 g/mol. The molecule has 0 fully saturated rings. The van der Waals surface area contributed by atoms with Crippen LogP contribution in [0.3, 0.4) is 0 Å². The Kier molecular flexibility index (Phi) is 8.52. The van der Waals surface area contributed by atoms with Gasteiger partial charge >= 0.3 is 0 Å². The first kappa shape index (κ1) is 22.8. The lowest BCUT2D eigenvalue weighted by atomic mass is 10.1. The third kappa shape index (κ3) is 6.50. The van der Waals surface area contributed by atoms with Crippen LogP contribution in [0.5, 0.6) is 5.75 Å². The van der Waals surface area contributed by atoms with Gasteiger partial charge in [-0.15, -0.1) is 0 Å². The number of carbonyl (C=O) groups excluding carboxylic acids is 2. The highest BCUT2D eigenvalue weighted by atomic mass is 35.5. The molecule has 2 atom stereocenters. The molecular formula is C23H29ClN2O3. The molecule has 0 bridgehead atoms. The molecule has 0 aliphatic carbocycles. The normalized spacial score (nSPS) is 12.7. The van der Waals surface area contributed by atoms with E-state index in [2.05, 4.69) is 5.32 Å². The maximum atomic E-state index is 13.2. The molecule has 0 aliphatic rings. The van der Waals surface area contributed by atoms with Crippen molar-refractivity contribution in [2.24, 2.45) is 0 Å². The number of hydrogen-bond donors (Lipinski definition) is 1. The van der Waals surface area contributed by atoms with Crippen LogP contribution in [0.4, 0.5) is 0 Å². The fraction of sp³-hybridized carbons (Fsp3) is 0.391. The summed E-state index contributed by atoms with van der Waals surface area (Å²) in [6.07, 6.45) is 1.01. The van der Waals surface area contributed by atoms with Gasteiger partial charge in [0.1, 0.15) is 11.8 Å². The number of nitrogens with one attached hydrogen (secondary N) is 1. The zero-order valence-electron chi connectivity index (χ0n) is 17.4. The number of carbonyl (C=O) groups is 2. The molecule has 2 aromatic carbocycles. The van der Waals surface area contributed by atoms with Gasteiger partial charge in [0.2, 0.25) is 11.8 Å². The molecule has 2 rings (SSSR count). The highest BCUT2D eigenvalue weighted by Crippen LogP contribution is 2.20. The third-order valence-electron chi connectivity index (χ3n) is 4.98. The minimum absolute atomic E-state index is 0.0452. The summed E-state index contributed by atoms with van der Waals surface area (Å²) in [6, 6.07) is 14.1. The summed E-state index contributed by atoms with van der Waals surface area (Å²) in [4.78, 5) is 27.5. The molecule has 0 saturated carbocycles. The SMILES string of the molecule is CCC(C)NC(=O)C(C)N(Cc1ccccc1Cl)C(=O)Cc1ccc(OC)cc1. The van der Waals surface area contributed by atoms with E-state index in [4.69, 9.17) is 16.3 Å². The lowest BCUT2D eigenvalue weighted by Gasteiger charge is -2.30. The van der Waals surface area contributed by atoms with E-state index < -0.39 is 6.04 Å². The van der Waals surface area contributed by atoms with Crippen molar-refractivity contribution in [3.8, 4) is 5.75 Å². The summed E-state index contributed by atoms with van der Waals surface area (Å²) < 4.78 is 5.17. The zero-order valence-corrected chi connectivity index (χ0v) is 18.2. The van der Waals surface area contributed by atoms with Crippen LogP contribution in [0.1, 0.15) is 38.3 Å². The summed E-state index contributed by atoms with van der Waals surface area (Å²) >= 11 is 6.31. The Morgan fingerprint density at radius 1 is 1.10 bits per heavy atom. The van der Waals surface area contributed by atoms with Gasteiger partial charge in [0.25, 0.3) is 0 Å². The van der Waals surface area contributed by atoms with Gasteiger partial charge < -0.3 is 15.0 Å². The van der Waals surface area contributed by atoms with Gasteiger partial charge in [-0.1, -0.05) is 48.9 Å². The van der Waals surface area contributed by atoms with Crippen molar-refractivity contribution in [3.05, 3.63) is 64.7 Å². The van der Waals surface area contributed by atoms with Crippen molar-refractivity contribution in [2.75, 3.05) is 7.11 Å². The zero-order chi connectivity index (χ0) is 21.4. The Labute approximate surface area is 178 Å². The van der Waals surface area contributed by atoms with Gasteiger partial charge in [-0.2, -0.15) is 0 Å². The number of nitrogens with zero attached hydrogens (tertiary/aromatic N) is 1. The molecule has 2 unspecified atom stereocenters. The van der Waals surface area contributed by atoms with Crippen LogP contribution in [0.15, 0.2) is 48.5 Å². The first-order valence-electron chi connectivity index (χ1n) is 9.81. The number of hydrogen-bond acceptors (Lipinski definition) is 3. The maximum absolute atomic E-state index is 13.2. The van der Waals surface area contributed by atoms with E-state index in [9.17, 15) is 9.59 Å². The number of ether oxygens (including phenoxy) is 1. The largest absolute Gasteiger partial charge is 0.497 e. The van der Waals surface area contributed by atoms with E-state index in [-0.39, 0.29) is 30.8 Å². The molecule has 2 amide bonds. The fourth-order valence-corrected chi connectivity index (χ4v) is 3.07.